The Balaban J connectivity index is 0.00000242. The minimum Gasteiger partial charge on any atom is -0.355 e. The van der Waals surface area contributed by atoms with Crippen LogP contribution in [0.15, 0.2) is 30.3 Å². The van der Waals surface area contributed by atoms with Crippen LogP contribution in [0.2, 0.25) is 0 Å². The molecule has 0 spiro atoms. The largest absolute Gasteiger partial charge is 0.355 e. The van der Waals surface area contributed by atoms with Crippen LogP contribution >= 0.6 is 12.4 Å². The molecule has 2 rings (SSSR count). The van der Waals surface area contributed by atoms with E-state index in [4.69, 9.17) is 5.73 Å². The number of amides is 2. The SMILES string of the molecule is CC(CN)CNC(=O)C1CC(=O)N(Cc2ccccc2)C1.Cl. The molecule has 2 atom stereocenters. The number of hydrogen-bond acceptors (Lipinski definition) is 3. The number of likely N-dealkylation sites (tertiary alicyclic amines) is 1. The molecule has 0 radical (unpaired) electrons. The zero-order valence-electron chi connectivity index (χ0n) is 12.8. The Morgan fingerprint density at radius 1 is 1.41 bits per heavy atom. The van der Waals surface area contributed by atoms with Crippen LogP contribution in [0.4, 0.5) is 0 Å². The van der Waals surface area contributed by atoms with Crippen LogP contribution in [0, 0.1) is 11.8 Å². The summed E-state index contributed by atoms with van der Waals surface area (Å²) >= 11 is 0. The van der Waals surface area contributed by atoms with E-state index in [2.05, 4.69) is 5.32 Å². The van der Waals surface area contributed by atoms with Gasteiger partial charge in [-0.05, 0) is 18.0 Å². The molecule has 0 saturated carbocycles. The fourth-order valence-corrected chi connectivity index (χ4v) is 2.41. The highest BCUT2D eigenvalue weighted by Crippen LogP contribution is 2.20. The smallest absolute Gasteiger partial charge is 0.225 e. The first-order valence-corrected chi connectivity index (χ1v) is 7.39. The highest BCUT2D eigenvalue weighted by atomic mass is 35.5. The van der Waals surface area contributed by atoms with Crippen molar-refractivity contribution in [1.29, 1.82) is 0 Å². The molecule has 1 aliphatic rings. The van der Waals surface area contributed by atoms with E-state index in [-0.39, 0.29) is 36.1 Å². The molecule has 1 saturated heterocycles. The normalized spacial score (nSPS) is 18.7. The molecule has 22 heavy (non-hydrogen) atoms. The summed E-state index contributed by atoms with van der Waals surface area (Å²) in [5.41, 5.74) is 6.61. The van der Waals surface area contributed by atoms with E-state index in [0.717, 1.165) is 5.56 Å². The van der Waals surface area contributed by atoms with Gasteiger partial charge >= 0.3 is 0 Å². The van der Waals surface area contributed by atoms with Gasteiger partial charge in [-0.25, -0.2) is 0 Å². The quantitative estimate of drug-likeness (QED) is 0.824. The van der Waals surface area contributed by atoms with Crippen LogP contribution in [-0.4, -0.2) is 36.3 Å². The Kier molecular flexibility index (Phi) is 7.35. The van der Waals surface area contributed by atoms with Gasteiger partial charge in [0.15, 0.2) is 0 Å². The molecule has 5 nitrogen and oxygen atoms in total. The standard InChI is InChI=1S/C16H23N3O2.ClH/c1-12(8-17)9-18-16(21)14-7-15(20)19(11-14)10-13-5-3-2-4-6-13;/h2-6,12,14H,7-11,17H2,1H3,(H,18,21);1H. The number of carbonyl (C=O) groups excluding carboxylic acids is 2. The van der Waals surface area contributed by atoms with Crippen molar-refractivity contribution in [1.82, 2.24) is 10.2 Å². The van der Waals surface area contributed by atoms with Gasteiger partial charge in [-0.3, -0.25) is 9.59 Å². The number of nitrogens with two attached hydrogens (primary N) is 1. The topological polar surface area (TPSA) is 75.4 Å². The van der Waals surface area contributed by atoms with Gasteiger partial charge in [0.1, 0.15) is 0 Å². The summed E-state index contributed by atoms with van der Waals surface area (Å²) < 4.78 is 0. The second-order valence-electron chi connectivity index (χ2n) is 5.75. The fourth-order valence-electron chi connectivity index (χ4n) is 2.41. The lowest BCUT2D eigenvalue weighted by Gasteiger charge is -2.17. The summed E-state index contributed by atoms with van der Waals surface area (Å²) in [6.45, 7) is 4.17. The zero-order chi connectivity index (χ0) is 15.2. The Morgan fingerprint density at radius 2 is 2.09 bits per heavy atom. The molecular weight excluding hydrogens is 302 g/mol. The van der Waals surface area contributed by atoms with Gasteiger partial charge in [-0.1, -0.05) is 37.3 Å². The van der Waals surface area contributed by atoms with Crippen molar-refractivity contribution >= 4 is 24.2 Å². The summed E-state index contributed by atoms with van der Waals surface area (Å²) in [5.74, 6) is 0.0164. The lowest BCUT2D eigenvalue weighted by molar-refractivity contribution is -0.129. The van der Waals surface area contributed by atoms with Crippen molar-refractivity contribution in [3.63, 3.8) is 0 Å². The molecule has 1 aromatic rings. The van der Waals surface area contributed by atoms with Crippen LogP contribution in [0.5, 0.6) is 0 Å². The second-order valence-corrected chi connectivity index (χ2v) is 5.75. The fraction of sp³-hybridized carbons (Fsp3) is 0.500. The second kappa shape index (κ2) is 8.76. The monoisotopic (exact) mass is 325 g/mol. The highest BCUT2D eigenvalue weighted by molar-refractivity contribution is 5.89. The van der Waals surface area contributed by atoms with E-state index in [0.29, 0.717) is 32.6 Å². The first-order chi connectivity index (χ1) is 10.1. The molecule has 3 N–H and O–H groups in total. The van der Waals surface area contributed by atoms with Crippen molar-refractivity contribution in [2.75, 3.05) is 19.6 Å². The van der Waals surface area contributed by atoms with E-state index in [9.17, 15) is 9.59 Å². The Labute approximate surface area is 137 Å². The molecule has 1 aromatic carbocycles. The van der Waals surface area contributed by atoms with E-state index in [1.165, 1.54) is 0 Å². The predicted molar refractivity (Wildman–Crippen MR) is 88.4 cm³/mol. The summed E-state index contributed by atoms with van der Waals surface area (Å²) in [5, 5.41) is 2.88. The maximum atomic E-state index is 12.1. The van der Waals surface area contributed by atoms with Crippen LogP contribution in [-0.2, 0) is 16.1 Å². The van der Waals surface area contributed by atoms with Gasteiger partial charge < -0.3 is 16.0 Å². The molecule has 6 heteroatoms. The van der Waals surface area contributed by atoms with Gasteiger partial charge in [0.25, 0.3) is 0 Å². The summed E-state index contributed by atoms with van der Waals surface area (Å²) in [6.07, 6.45) is 0.301. The Morgan fingerprint density at radius 3 is 2.73 bits per heavy atom. The summed E-state index contributed by atoms with van der Waals surface area (Å²) in [7, 11) is 0. The first kappa shape index (κ1) is 18.5. The van der Waals surface area contributed by atoms with Gasteiger partial charge in [-0.15, -0.1) is 12.4 Å². The lowest BCUT2D eigenvalue weighted by atomic mass is 10.1. The van der Waals surface area contributed by atoms with E-state index in [1.807, 2.05) is 37.3 Å². The molecule has 1 fully saturated rings. The van der Waals surface area contributed by atoms with Crippen molar-refractivity contribution in [2.45, 2.75) is 19.9 Å². The third-order valence-corrected chi connectivity index (χ3v) is 3.83. The van der Waals surface area contributed by atoms with Crippen LogP contribution < -0.4 is 11.1 Å². The van der Waals surface area contributed by atoms with E-state index < -0.39 is 0 Å². The number of halogens is 1. The lowest BCUT2D eigenvalue weighted by Crippen LogP contribution is -2.36. The van der Waals surface area contributed by atoms with Gasteiger partial charge in [-0.2, -0.15) is 0 Å². The maximum Gasteiger partial charge on any atom is 0.225 e. The van der Waals surface area contributed by atoms with E-state index in [1.54, 1.807) is 4.90 Å². The average molecular weight is 326 g/mol. The van der Waals surface area contributed by atoms with Gasteiger partial charge in [0.05, 0.1) is 5.92 Å². The summed E-state index contributed by atoms with van der Waals surface area (Å²) in [6, 6.07) is 9.83. The number of nitrogens with zero attached hydrogens (tertiary/aromatic N) is 1. The molecule has 2 amide bonds. The maximum absolute atomic E-state index is 12.1. The van der Waals surface area contributed by atoms with Gasteiger partial charge in [0.2, 0.25) is 11.8 Å². The zero-order valence-corrected chi connectivity index (χ0v) is 13.6. The van der Waals surface area contributed by atoms with Crippen molar-refractivity contribution in [3.8, 4) is 0 Å². The number of benzene rings is 1. The molecule has 2 unspecified atom stereocenters. The predicted octanol–water partition coefficient (Wildman–Crippen LogP) is 1.17. The Hall–Kier alpha value is -1.59. The molecule has 122 valence electrons. The highest BCUT2D eigenvalue weighted by Gasteiger charge is 2.34. The van der Waals surface area contributed by atoms with Crippen LogP contribution in [0.3, 0.4) is 0 Å². The third-order valence-electron chi connectivity index (χ3n) is 3.83. The molecular formula is C16H24ClN3O2. The first-order valence-electron chi connectivity index (χ1n) is 7.39. The molecule has 0 bridgehead atoms. The average Bonchev–Trinajstić information content (AvgIpc) is 2.86. The van der Waals surface area contributed by atoms with E-state index >= 15 is 0 Å². The molecule has 0 aromatic heterocycles. The third kappa shape index (κ3) is 5.00. The summed E-state index contributed by atoms with van der Waals surface area (Å²) in [4.78, 5) is 25.8. The number of nitrogens with one attached hydrogen (secondary N) is 1. The minimum atomic E-state index is -0.244. The van der Waals surface area contributed by atoms with Crippen LogP contribution in [0.1, 0.15) is 18.9 Å². The molecule has 1 heterocycles. The number of carbonyl (C=O) groups is 2. The van der Waals surface area contributed by atoms with Crippen molar-refractivity contribution < 1.29 is 9.59 Å². The van der Waals surface area contributed by atoms with Crippen LogP contribution in [0.25, 0.3) is 0 Å². The number of rotatable bonds is 6. The Bertz CT molecular complexity index is 495. The molecule has 1 aliphatic heterocycles. The van der Waals surface area contributed by atoms with Crippen molar-refractivity contribution in [3.05, 3.63) is 35.9 Å². The van der Waals surface area contributed by atoms with Crippen molar-refractivity contribution in [2.24, 2.45) is 17.6 Å². The van der Waals surface area contributed by atoms with Gasteiger partial charge in [0, 0.05) is 26.1 Å². The minimum absolute atomic E-state index is 0. The number of hydrogen-bond donors (Lipinski definition) is 2. The molecule has 0 aliphatic carbocycles.